The lowest BCUT2D eigenvalue weighted by molar-refractivity contribution is 0.0912. The van der Waals surface area contributed by atoms with Crippen molar-refractivity contribution in [3.8, 4) is 0 Å². The maximum atomic E-state index is 11.6. The van der Waals surface area contributed by atoms with Crippen molar-refractivity contribution >= 4 is 12.0 Å². The molecular formula is C14H12N2O3. The van der Waals surface area contributed by atoms with E-state index in [1.165, 1.54) is 0 Å². The molecular weight excluding hydrogens is 244 g/mol. The topological polar surface area (TPSA) is 68.3 Å². The zero-order valence-corrected chi connectivity index (χ0v) is 10.1. The van der Waals surface area contributed by atoms with Gasteiger partial charge in [0.05, 0.1) is 0 Å². The molecule has 0 unspecified atom stereocenters. The van der Waals surface area contributed by atoms with Crippen LogP contribution in [0.25, 0.3) is 0 Å². The van der Waals surface area contributed by atoms with E-state index in [4.69, 9.17) is 4.74 Å². The average molecular weight is 256 g/mol. The summed E-state index contributed by atoms with van der Waals surface area (Å²) in [6.07, 6.45) is 2.43. The number of hydrogen-bond acceptors (Lipinski definition) is 4. The molecule has 96 valence electrons. The van der Waals surface area contributed by atoms with Crippen molar-refractivity contribution in [2.75, 3.05) is 0 Å². The van der Waals surface area contributed by atoms with Gasteiger partial charge in [0.2, 0.25) is 0 Å². The number of pyridine rings is 1. The summed E-state index contributed by atoms with van der Waals surface area (Å²) >= 11 is 0. The number of benzene rings is 1. The highest BCUT2D eigenvalue weighted by atomic mass is 16.5. The Hall–Kier alpha value is -2.69. The van der Waals surface area contributed by atoms with E-state index in [0.717, 1.165) is 5.56 Å². The largest absolute Gasteiger partial charge is 0.444 e. The minimum absolute atomic E-state index is 0.0937. The number of imide groups is 1. The van der Waals surface area contributed by atoms with Crippen molar-refractivity contribution in [2.45, 2.75) is 6.61 Å². The second kappa shape index (κ2) is 6.30. The lowest BCUT2D eigenvalue weighted by Gasteiger charge is -2.06. The SMILES string of the molecule is O=C(NC(=O)c1ccccc1)OCc1ccncc1. The molecule has 0 aliphatic rings. The first-order valence-electron chi connectivity index (χ1n) is 5.68. The average Bonchev–Trinajstić information content (AvgIpc) is 2.47. The maximum absolute atomic E-state index is 11.6. The van der Waals surface area contributed by atoms with Crippen molar-refractivity contribution in [3.63, 3.8) is 0 Å². The van der Waals surface area contributed by atoms with Gasteiger partial charge in [0.15, 0.2) is 0 Å². The van der Waals surface area contributed by atoms with Gasteiger partial charge >= 0.3 is 6.09 Å². The van der Waals surface area contributed by atoms with Crippen LogP contribution in [0.2, 0.25) is 0 Å². The van der Waals surface area contributed by atoms with Crippen LogP contribution in [-0.2, 0) is 11.3 Å². The number of alkyl carbamates (subject to hydrolysis) is 1. The van der Waals surface area contributed by atoms with Gasteiger partial charge < -0.3 is 4.74 Å². The molecule has 0 fully saturated rings. The van der Waals surface area contributed by atoms with Crippen molar-refractivity contribution in [1.29, 1.82) is 0 Å². The zero-order valence-electron chi connectivity index (χ0n) is 10.1. The number of carbonyl (C=O) groups excluding carboxylic acids is 2. The molecule has 5 heteroatoms. The smallest absolute Gasteiger partial charge is 0.414 e. The highest BCUT2D eigenvalue weighted by Crippen LogP contribution is 2.00. The third-order valence-corrected chi connectivity index (χ3v) is 2.37. The van der Waals surface area contributed by atoms with Gasteiger partial charge in [-0.3, -0.25) is 15.1 Å². The van der Waals surface area contributed by atoms with E-state index in [1.54, 1.807) is 54.9 Å². The Labute approximate surface area is 110 Å². The Kier molecular flexibility index (Phi) is 4.23. The summed E-state index contributed by atoms with van der Waals surface area (Å²) in [6, 6.07) is 11.9. The monoisotopic (exact) mass is 256 g/mol. The Morgan fingerprint density at radius 3 is 2.42 bits per heavy atom. The predicted molar refractivity (Wildman–Crippen MR) is 68.3 cm³/mol. The molecule has 1 aromatic heterocycles. The summed E-state index contributed by atoms with van der Waals surface area (Å²) in [6.45, 7) is 0.0937. The van der Waals surface area contributed by atoms with Gasteiger partial charge in [-0.05, 0) is 29.8 Å². The van der Waals surface area contributed by atoms with E-state index in [0.29, 0.717) is 5.56 Å². The lowest BCUT2D eigenvalue weighted by Crippen LogP contribution is -2.30. The second-order valence-corrected chi connectivity index (χ2v) is 3.75. The summed E-state index contributed by atoms with van der Waals surface area (Å²) in [5.41, 5.74) is 1.21. The number of rotatable bonds is 3. The van der Waals surface area contributed by atoms with Gasteiger partial charge in [-0.2, -0.15) is 0 Å². The minimum Gasteiger partial charge on any atom is -0.444 e. The van der Waals surface area contributed by atoms with Crippen LogP contribution in [0.3, 0.4) is 0 Å². The standard InChI is InChI=1S/C14H12N2O3/c17-13(12-4-2-1-3-5-12)16-14(18)19-10-11-6-8-15-9-7-11/h1-9H,10H2,(H,16,17,18). The molecule has 0 saturated heterocycles. The minimum atomic E-state index is -0.773. The molecule has 0 bridgehead atoms. The Morgan fingerprint density at radius 2 is 1.74 bits per heavy atom. The molecule has 1 heterocycles. The quantitative estimate of drug-likeness (QED) is 0.913. The number of amides is 2. The normalized spacial score (nSPS) is 9.68. The first-order valence-corrected chi connectivity index (χ1v) is 5.68. The molecule has 5 nitrogen and oxygen atoms in total. The summed E-state index contributed by atoms with van der Waals surface area (Å²) in [7, 11) is 0. The number of hydrogen-bond donors (Lipinski definition) is 1. The maximum Gasteiger partial charge on any atom is 0.414 e. The number of nitrogens with one attached hydrogen (secondary N) is 1. The summed E-state index contributed by atoms with van der Waals surface area (Å²) in [5, 5.41) is 2.15. The highest BCUT2D eigenvalue weighted by molar-refractivity contribution is 6.02. The van der Waals surface area contributed by atoms with Crippen molar-refractivity contribution < 1.29 is 14.3 Å². The fourth-order valence-corrected chi connectivity index (χ4v) is 1.42. The molecule has 0 radical (unpaired) electrons. The lowest BCUT2D eigenvalue weighted by atomic mass is 10.2. The summed E-state index contributed by atoms with van der Waals surface area (Å²) < 4.78 is 4.92. The molecule has 2 aromatic rings. The summed E-state index contributed by atoms with van der Waals surface area (Å²) in [5.74, 6) is -0.486. The number of carbonyl (C=O) groups is 2. The molecule has 0 aliphatic carbocycles. The molecule has 0 spiro atoms. The van der Waals surface area contributed by atoms with Crippen molar-refractivity contribution in [1.82, 2.24) is 10.3 Å². The Morgan fingerprint density at radius 1 is 1.05 bits per heavy atom. The first kappa shape index (κ1) is 12.8. The third kappa shape index (κ3) is 3.92. The van der Waals surface area contributed by atoms with E-state index in [-0.39, 0.29) is 6.61 Å². The highest BCUT2D eigenvalue weighted by Gasteiger charge is 2.10. The van der Waals surface area contributed by atoms with Crippen LogP contribution < -0.4 is 5.32 Å². The van der Waals surface area contributed by atoms with Gasteiger partial charge in [-0.25, -0.2) is 4.79 Å². The van der Waals surface area contributed by atoms with E-state index in [9.17, 15) is 9.59 Å². The number of aromatic nitrogens is 1. The van der Waals surface area contributed by atoms with Gasteiger partial charge in [-0.1, -0.05) is 18.2 Å². The van der Waals surface area contributed by atoms with Crippen molar-refractivity contribution in [3.05, 3.63) is 66.0 Å². The Balaban J connectivity index is 1.83. The molecule has 2 amide bonds. The molecule has 2 rings (SSSR count). The number of ether oxygens (including phenoxy) is 1. The van der Waals surface area contributed by atoms with Gasteiger partial charge in [-0.15, -0.1) is 0 Å². The van der Waals surface area contributed by atoms with Crippen LogP contribution >= 0.6 is 0 Å². The van der Waals surface area contributed by atoms with Crippen LogP contribution in [0.15, 0.2) is 54.9 Å². The van der Waals surface area contributed by atoms with Gasteiger partial charge in [0, 0.05) is 18.0 Å². The number of nitrogens with zero attached hydrogens (tertiary/aromatic N) is 1. The van der Waals surface area contributed by atoms with Crippen molar-refractivity contribution in [2.24, 2.45) is 0 Å². The third-order valence-electron chi connectivity index (χ3n) is 2.37. The van der Waals surface area contributed by atoms with Crippen LogP contribution in [0.5, 0.6) is 0 Å². The van der Waals surface area contributed by atoms with Crippen LogP contribution in [0, 0.1) is 0 Å². The molecule has 1 aromatic carbocycles. The summed E-state index contributed by atoms with van der Waals surface area (Å²) in [4.78, 5) is 26.9. The predicted octanol–water partition coefficient (Wildman–Crippen LogP) is 2.15. The molecule has 0 atom stereocenters. The van der Waals surface area contributed by atoms with Crippen LogP contribution in [0.4, 0.5) is 4.79 Å². The van der Waals surface area contributed by atoms with Crippen LogP contribution in [-0.4, -0.2) is 17.0 Å². The zero-order chi connectivity index (χ0) is 13.5. The van der Waals surface area contributed by atoms with E-state index >= 15 is 0 Å². The Bertz CT molecular complexity index is 555. The van der Waals surface area contributed by atoms with Gasteiger partial charge in [0.25, 0.3) is 5.91 Å². The van der Waals surface area contributed by atoms with Gasteiger partial charge in [0.1, 0.15) is 6.61 Å². The fraction of sp³-hybridized carbons (Fsp3) is 0.0714. The fourth-order valence-electron chi connectivity index (χ4n) is 1.42. The molecule has 1 N–H and O–H groups in total. The molecule has 19 heavy (non-hydrogen) atoms. The van der Waals surface area contributed by atoms with E-state index < -0.39 is 12.0 Å². The van der Waals surface area contributed by atoms with Crippen LogP contribution in [0.1, 0.15) is 15.9 Å². The molecule has 0 aliphatic heterocycles. The first-order chi connectivity index (χ1) is 9.25. The van der Waals surface area contributed by atoms with E-state index in [2.05, 4.69) is 10.3 Å². The molecule has 0 saturated carbocycles. The van der Waals surface area contributed by atoms with E-state index in [1.807, 2.05) is 0 Å². The second-order valence-electron chi connectivity index (χ2n) is 3.75.